The van der Waals surface area contributed by atoms with Gasteiger partial charge in [-0.05, 0) is 60.4 Å². The molecule has 0 saturated carbocycles. The molecule has 6 aromatic rings. The largest absolute Gasteiger partial charge is 0.467 e. The Bertz CT molecular complexity index is 2080. The first-order chi connectivity index (χ1) is 24.2. The van der Waals surface area contributed by atoms with Crippen molar-refractivity contribution in [3.8, 4) is 17.1 Å². The van der Waals surface area contributed by atoms with Gasteiger partial charge < -0.3 is 9.47 Å². The highest BCUT2D eigenvalue weighted by molar-refractivity contribution is 5.98. The van der Waals surface area contributed by atoms with Crippen molar-refractivity contribution in [1.29, 1.82) is 0 Å². The van der Waals surface area contributed by atoms with Gasteiger partial charge in [-0.2, -0.15) is 10.1 Å². The van der Waals surface area contributed by atoms with Crippen LogP contribution in [0.4, 0.5) is 25.0 Å². The van der Waals surface area contributed by atoms with E-state index in [4.69, 9.17) is 24.5 Å². The molecule has 3 heterocycles. The molecule has 0 radical (unpaired) electrons. The third-order valence-corrected chi connectivity index (χ3v) is 8.03. The van der Waals surface area contributed by atoms with Crippen molar-refractivity contribution in [3.05, 3.63) is 126 Å². The molecule has 1 atom stereocenters. The number of pyridine rings is 1. The molecule has 0 aliphatic heterocycles. The standard InChI is InChI=1S/C38H34F2N6O4/c1-5-31(37(47)49-4)46-35-33(34(44-46)23(2)3)36(50-38(48)45(28-12-8-6-9-13-28)29-14-10-7-11-15-29)43-32(42-35)18-24-16-17-30(41-22-24)25-19-26(39)21-27(40)20-25/h6-17,19-23,31H,5,18H2,1-4H3. The Morgan fingerprint density at radius 2 is 1.52 bits per heavy atom. The van der Waals surface area contributed by atoms with Gasteiger partial charge in [-0.1, -0.05) is 63.2 Å². The molecule has 12 heteroatoms. The number of nitrogens with zero attached hydrogens (tertiary/aromatic N) is 6. The van der Waals surface area contributed by atoms with E-state index in [2.05, 4.69) is 4.98 Å². The van der Waals surface area contributed by atoms with Crippen LogP contribution in [0.5, 0.6) is 5.88 Å². The summed E-state index contributed by atoms with van der Waals surface area (Å²) >= 11 is 0. The van der Waals surface area contributed by atoms with Crippen LogP contribution in [-0.2, 0) is 16.0 Å². The maximum atomic E-state index is 14.2. The number of amides is 1. The van der Waals surface area contributed by atoms with E-state index in [0.717, 1.165) is 6.07 Å². The van der Waals surface area contributed by atoms with Gasteiger partial charge in [0, 0.05) is 24.2 Å². The monoisotopic (exact) mass is 676 g/mol. The number of methoxy groups -OCH3 is 1. The van der Waals surface area contributed by atoms with Crippen molar-refractivity contribution in [2.24, 2.45) is 0 Å². The van der Waals surface area contributed by atoms with Crippen LogP contribution in [0.3, 0.4) is 0 Å². The third-order valence-electron chi connectivity index (χ3n) is 8.03. The summed E-state index contributed by atoms with van der Waals surface area (Å²) < 4.78 is 40.5. The van der Waals surface area contributed by atoms with Gasteiger partial charge in [0.2, 0.25) is 5.88 Å². The van der Waals surface area contributed by atoms with Gasteiger partial charge in [-0.3, -0.25) is 4.98 Å². The average molecular weight is 677 g/mol. The first-order valence-electron chi connectivity index (χ1n) is 16.1. The number of anilines is 2. The molecule has 1 amide bonds. The molecule has 50 heavy (non-hydrogen) atoms. The fourth-order valence-electron chi connectivity index (χ4n) is 5.65. The number of hydrogen-bond donors (Lipinski definition) is 0. The van der Waals surface area contributed by atoms with Gasteiger partial charge in [0.25, 0.3) is 0 Å². The molecule has 3 aromatic carbocycles. The van der Waals surface area contributed by atoms with Gasteiger partial charge in [-0.25, -0.2) is 32.9 Å². The van der Waals surface area contributed by atoms with Crippen LogP contribution in [0.15, 0.2) is 97.2 Å². The van der Waals surface area contributed by atoms with Crippen molar-refractivity contribution >= 4 is 34.5 Å². The lowest BCUT2D eigenvalue weighted by Gasteiger charge is -2.22. The van der Waals surface area contributed by atoms with E-state index >= 15 is 0 Å². The first-order valence-corrected chi connectivity index (χ1v) is 16.1. The predicted molar refractivity (Wildman–Crippen MR) is 184 cm³/mol. The summed E-state index contributed by atoms with van der Waals surface area (Å²) in [5, 5.41) is 5.19. The number of para-hydroxylation sites is 2. The van der Waals surface area contributed by atoms with E-state index in [1.807, 2.05) is 57.2 Å². The highest BCUT2D eigenvalue weighted by atomic mass is 19.1. The van der Waals surface area contributed by atoms with Crippen LogP contribution in [0.25, 0.3) is 22.3 Å². The van der Waals surface area contributed by atoms with Crippen molar-refractivity contribution in [2.45, 2.75) is 45.6 Å². The molecule has 6 rings (SSSR count). The lowest BCUT2D eigenvalue weighted by atomic mass is 10.1. The second-order valence-corrected chi connectivity index (χ2v) is 11.8. The first kappa shape index (κ1) is 33.8. The van der Waals surface area contributed by atoms with Crippen molar-refractivity contribution in [2.75, 3.05) is 12.0 Å². The highest BCUT2D eigenvalue weighted by Crippen LogP contribution is 2.35. The summed E-state index contributed by atoms with van der Waals surface area (Å²) in [6, 6.07) is 24.0. The number of ether oxygens (including phenoxy) is 2. The number of halogens is 2. The predicted octanol–water partition coefficient (Wildman–Crippen LogP) is 8.34. The van der Waals surface area contributed by atoms with Gasteiger partial charge in [0.05, 0.1) is 29.9 Å². The molecular formula is C38H34F2N6O4. The maximum absolute atomic E-state index is 14.2. The number of carbonyl (C=O) groups excluding carboxylic acids is 2. The molecule has 0 bridgehead atoms. The van der Waals surface area contributed by atoms with E-state index < -0.39 is 29.7 Å². The van der Waals surface area contributed by atoms with E-state index in [0.29, 0.717) is 51.3 Å². The summed E-state index contributed by atoms with van der Waals surface area (Å²) in [6.07, 6.45) is 1.34. The molecule has 10 nitrogen and oxygen atoms in total. The molecule has 0 aliphatic rings. The van der Waals surface area contributed by atoms with E-state index in [1.54, 1.807) is 42.6 Å². The molecule has 254 valence electrons. The fraction of sp³-hybridized carbons (Fsp3) is 0.211. The molecule has 3 aromatic heterocycles. The zero-order valence-electron chi connectivity index (χ0n) is 27.9. The Balaban J connectivity index is 1.46. The molecular weight excluding hydrogens is 642 g/mol. The Labute approximate surface area is 287 Å². The molecule has 1 unspecified atom stereocenters. The quantitative estimate of drug-likeness (QED) is 0.133. The molecule has 0 N–H and O–H groups in total. The van der Waals surface area contributed by atoms with Crippen molar-refractivity contribution in [1.82, 2.24) is 24.7 Å². The maximum Gasteiger partial charge on any atom is 0.425 e. The number of fused-ring (bicyclic) bond motifs is 1. The van der Waals surface area contributed by atoms with E-state index in [9.17, 15) is 18.4 Å². The number of benzene rings is 3. The summed E-state index contributed by atoms with van der Waals surface area (Å²) in [6.45, 7) is 5.70. The lowest BCUT2D eigenvalue weighted by molar-refractivity contribution is -0.144. The highest BCUT2D eigenvalue weighted by Gasteiger charge is 2.31. The Kier molecular flexibility index (Phi) is 9.89. The van der Waals surface area contributed by atoms with Gasteiger partial charge in [0.15, 0.2) is 11.7 Å². The Morgan fingerprint density at radius 3 is 2.06 bits per heavy atom. The normalized spacial score (nSPS) is 11.8. The zero-order valence-corrected chi connectivity index (χ0v) is 27.9. The third kappa shape index (κ3) is 7.05. The molecule has 0 fully saturated rings. The van der Waals surface area contributed by atoms with Crippen molar-refractivity contribution < 1.29 is 27.8 Å². The number of aromatic nitrogens is 5. The Morgan fingerprint density at radius 1 is 0.880 bits per heavy atom. The summed E-state index contributed by atoms with van der Waals surface area (Å²) in [5.74, 6) is -1.84. The minimum atomic E-state index is -0.806. The van der Waals surface area contributed by atoms with Gasteiger partial charge in [-0.15, -0.1) is 0 Å². The minimum Gasteiger partial charge on any atom is -0.467 e. The summed E-state index contributed by atoms with van der Waals surface area (Å²) in [4.78, 5) is 42.5. The molecule has 0 saturated heterocycles. The van der Waals surface area contributed by atoms with Gasteiger partial charge >= 0.3 is 12.1 Å². The number of esters is 1. The fourth-order valence-corrected chi connectivity index (χ4v) is 5.65. The smallest absolute Gasteiger partial charge is 0.425 e. The van der Waals surface area contributed by atoms with Crippen LogP contribution >= 0.6 is 0 Å². The van der Waals surface area contributed by atoms with Crippen LogP contribution in [0.2, 0.25) is 0 Å². The average Bonchev–Trinajstić information content (AvgIpc) is 3.49. The zero-order chi connectivity index (χ0) is 35.4. The van der Waals surface area contributed by atoms with E-state index in [-0.39, 0.29) is 24.0 Å². The van der Waals surface area contributed by atoms with Gasteiger partial charge in [0.1, 0.15) is 22.8 Å². The molecule has 0 spiro atoms. The summed E-state index contributed by atoms with van der Waals surface area (Å²) in [7, 11) is 1.31. The topological polar surface area (TPSA) is 112 Å². The SMILES string of the molecule is CCC(C(=O)OC)n1nc(C(C)C)c2c(OC(=O)N(c3ccccc3)c3ccccc3)nc(Cc3ccc(-c4cc(F)cc(F)c4)nc3)nc21. The minimum absolute atomic E-state index is 0.0265. The number of hydrogen-bond acceptors (Lipinski definition) is 8. The van der Waals surface area contributed by atoms with Crippen LogP contribution in [0, 0.1) is 11.6 Å². The van der Waals surface area contributed by atoms with Crippen LogP contribution in [0.1, 0.15) is 56.2 Å². The molecule has 0 aliphatic carbocycles. The summed E-state index contributed by atoms with van der Waals surface area (Å²) in [5.41, 5.74) is 3.34. The lowest BCUT2D eigenvalue weighted by Crippen LogP contribution is -2.29. The second kappa shape index (κ2) is 14.6. The van der Waals surface area contributed by atoms with E-state index in [1.165, 1.54) is 28.8 Å². The van der Waals surface area contributed by atoms with Crippen molar-refractivity contribution in [3.63, 3.8) is 0 Å². The van der Waals surface area contributed by atoms with Crippen LogP contribution < -0.4 is 9.64 Å². The Hall–Kier alpha value is -6.04. The van der Waals surface area contributed by atoms with Crippen LogP contribution in [-0.4, -0.2) is 43.9 Å². The number of rotatable bonds is 10. The second-order valence-electron chi connectivity index (χ2n) is 11.8. The number of carbonyl (C=O) groups is 2.